The zero-order valence-electron chi connectivity index (χ0n) is 23.2. The Kier molecular flexibility index (Phi) is 8.48. The van der Waals surface area contributed by atoms with Crippen LogP contribution in [0.1, 0.15) is 55.5 Å². The zero-order chi connectivity index (χ0) is 30.2. The first-order valence-electron chi connectivity index (χ1n) is 13.6. The minimum Gasteiger partial charge on any atom is -0.330 e. The fraction of sp³-hybridized carbons (Fsp3) is 0.323. The quantitative estimate of drug-likeness (QED) is 0.346. The molecule has 220 valence electrons. The van der Waals surface area contributed by atoms with Gasteiger partial charge in [0.1, 0.15) is 5.82 Å². The summed E-state index contributed by atoms with van der Waals surface area (Å²) in [6.45, 7) is 2.04. The van der Waals surface area contributed by atoms with Crippen LogP contribution in [0.4, 0.5) is 14.5 Å². The molecule has 7 nitrogen and oxygen atoms in total. The molecule has 2 aromatic carbocycles. The zero-order valence-corrected chi connectivity index (χ0v) is 24.7. The molecule has 11 heteroatoms. The van der Waals surface area contributed by atoms with Gasteiger partial charge in [0.2, 0.25) is 11.8 Å². The van der Waals surface area contributed by atoms with Crippen LogP contribution in [0.2, 0.25) is 5.02 Å². The minimum atomic E-state index is -3.29. The highest BCUT2D eigenvalue weighted by molar-refractivity contribution is 7.89. The van der Waals surface area contributed by atoms with Crippen molar-refractivity contribution in [3.63, 3.8) is 0 Å². The number of carbonyl (C=O) groups is 2. The maximum Gasteiger partial charge on any atom is 0.247 e. The number of anilines is 1. The highest BCUT2D eigenvalue weighted by Crippen LogP contribution is 2.37. The van der Waals surface area contributed by atoms with Gasteiger partial charge in [0, 0.05) is 42.2 Å². The molecule has 0 unspecified atom stereocenters. The number of halogens is 3. The number of rotatable bonds is 4. The predicted octanol–water partition coefficient (Wildman–Crippen LogP) is 6.34. The standard InChI is InChI=1S/C31H30ClF2N3O4S/c1-18-4-3-5-27(37-13-11-21(16-28(37)38)29-24(33)9-8-23(32)30(29)34)26-15-20(10-12-35-26)22-7-6-19(17-42(2,40)41)14-25(22)36-31(18)39/h6-10,12,14-16,18,27H,3-5,11,13,17H2,1-2H3,(H,36,39)/t18-,27+/m1/s1. The Bertz CT molecular complexity index is 1710. The second-order valence-corrected chi connectivity index (χ2v) is 13.5. The Balaban J connectivity index is 1.54. The lowest BCUT2D eigenvalue weighted by Gasteiger charge is -2.34. The fourth-order valence-electron chi connectivity index (χ4n) is 5.59. The Morgan fingerprint density at radius 2 is 1.88 bits per heavy atom. The van der Waals surface area contributed by atoms with Crippen LogP contribution in [-0.4, -0.2) is 42.9 Å². The average molecular weight is 614 g/mol. The van der Waals surface area contributed by atoms with Gasteiger partial charge in [-0.1, -0.05) is 37.1 Å². The summed E-state index contributed by atoms with van der Waals surface area (Å²) < 4.78 is 53.1. The van der Waals surface area contributed by atoms with E-state index in [2.05, 4.69) is 10.3 Å². The van der Waals surface area contributed by atoms with Crippen molar-refractivity contribution in [2.75, 3.05) is 18.1 Å². The molecular formula is C31H30ClF2N3O4S. The number of pyridine rings is 1. The van der Waals surface area contributed by atoms with E-state index >= 15 is 0 Å². The van der Waals surface area contributed by atoms with E-state index in [0.717, 1.165) is 24.0 Å². The summed E-state index contributed by atoms with van der Waals surface area (Å²) in [6, 6.07) is 10.6. The maximum atomic E-state index is 14.7. The van der Waals surface area contributed by atoms with Gasteiger partial charge in [0.05, 0.1) is 28.1 Å². The number of amides is 2. The van der Waals surface area contributed by atoms with Crippen LogP contribution in [0.5, 0.6) is 0 Å². The number of hydrogen-bond acceptors (Lipinski definition) is 5. The molecule has 3 heterocycles. The van der Waals surface area contributed by atoms with Crippen LogP contribution in [0, 0.1) is 17.6 Å². The van der Waals surface area contributed by atoms with Gasteiger partial charge in [0.25, 0.3) is 0 Å². The van der Waals surface area contributed by atoms with E-state index < -0.39 is 33.4 Å². The normalized spacial score (nSPS) is 19.7. The molecule has 5 rings (SSSR count). The van der Waals surface area contributed by atoms with Crippen molar-refractivity contribution in [2.45, 2.75) is 44.4 Å². The Morgan fingerprint density at radius 3 is 2.62 bits per heavy atom. The lowest BCUT2D eigenvalue weighted by molar-refractivity contribution is -0.129. The third-order valence-electron chi connectivity index (χ3n) is 7.71. The Hall–Kier alpha value is -3.63. The molecular weight excluding hydrogens is 584 g/mol. The smallest absolute Gasteiger partial charge is 0.247 e. The topological polar surface area (TPSA) is 96.4 Å². The van der Waals surface area contributed by atoms with Crippen LogP contribution in [0.25, 0.3) is 16.7 Å². The highest BCUT2D eigenvalue weighted by atomic mass is 35.5. The summed E-state index contributed by atoms with van der Waals surface area (Å²) in [6.07, 6.45) is 5.96. The van der Waals surface area contributed by atoms with Crippen molar-refractivity contribution in [2.24, 2.45) is 5.92 Å². The van der Waals surface area contributed by atoms with Crippen LogP contribution in [0.3, 0.4) is 0 Å². The molecule has 0 fully saturated rings. The van der Waals surface area contributed by atoms with E-state index in [-0.39, 0.29) is 46.7 Å². The first kappa shape index (κ1) is 29.8. The molecule has 0 spiro atoms. The van der Waals surface area contributed by atoms with Gasteiger partial charge >= 0.3 is 0 Å². The first-order valence-corrected chi connectivity index (χ1v) is 16.1. The predicted molar refractivity (Wildman–Crippen MR) is 158 cm³/mol. The molecule has 0 saturated carbocycles. The van der Waals surface area contributed by atoms with Gasteiger partial charge in [-0.25, -0.2) is 17.2 Å². The van der Waals surface area contributed by atoms with Gasteiger partial charge in [-0.15, -0.1) is 0 Å². The number of nitrogens with zero attached hydrogens (tertiary/aromatic N) is 2. The minimum absolute atomic E-state index is 0.162. The summed E-state index contributed by atoms with van der Waals surface area (Å²) in [5.41, 5.74) is 3.07. The summed E-state index contributed by atoms with van der Waals surface area (Å²) in [5, 5.41) is 2.76. The van der Waals surface area contributed by atoms with Crippen LogP contribution < -0.4 is 5.32 Å². The number of sulfone groups is 1. The SMILES string of the molecule is C[C@@H]1CCC[C@H](N2CCC(c3c(F)ccc(Cl)c3F)=CC2=O)c2cc(ccn2)-c2ccc(CS(C)(=O)=O)cc2NC1=O. The van der Waals surface area contributed by atoms with Crippen LogP contribution in [0.15, 0.2) is 54.7 Å². The molecule has 2 bridgehead atoms. The molecule has 1 N–H and O–H groups in total. The molecule has 42 heavy (non-hydrogen) atoms. The van der Waals surface area contributed by atoms with Crippen LogP contribution >= 0.6 is 11.6 Å². The van der Waals surface area contributed by atoms with Gasteiger partial charge in [-0.05, 0) is 66.3 Å². The van der Waals surface area contributed by atoms with Crippen molar-refractivity contribution < 1.29 is 26.8 Å². The molecule has 0 radical (unpaired) electrons. The van der Waals surface area contributed by atoms with E-state index in [4.69, 9.17) is 11.6 Å². The molecule has 2 aliphatic rings. The maximum absolute atomic E-state index is 14.7. The third-order valence-corrected chi connectivity index (χ3v) is 8.86. The molecule has 3 aromatic rings. The molecule has 2 atom stereocenters. The number of aromatic nitrogens is 1. The Morgan fingerprint density at radius 1 is 1.10 bits per heavy atom. The van der Waals surface area contributed by atoms with E-state index in [9.17, 15) is 26.8 Å². The van der Waals surface area contributed by atoms with Gasteiger partial charge in [0.15, 0.2) is 15.7 Å². The van der Waals surface area contributed by atoms with E-state index in [0.29, 0.717) is 41.8 Å². The number of nitrogens with one attached hydrogen (secondary N) is 1. The average Bonchev–Trinajstić information content (AvgIpc) is 2.92. The number of carbonyl (C=O) groups excluding carboxylic acids is 2. The number of fused-ring (bicyclic) bond motifs is 4. The van der Waals surface area contributed by atoms with Crippen molar-refractivity contribution in [3.8, 4) is 11.1 Å². The van der Waals surface area contributed by atoms with E-state index in [1.165, 1.54) is 6.08 Å². The summed E-state index contributed by atoms with van der Waals surface area (Å²) in [7, 11) is -3.29. The monoisotopic (exact) mass is 613 g/mol. The summed E-state index contributed by atoms with van der Waals surface area (Å²) >= 11 is 5.88. The lowest BCUT2D eigenvalue weighted by Crippen LogP contribution is -2.38. The van der Waals surface area contributed by atoms with E-state index in [1.807, 2.05) is 13.0 Å². The second kappa shape index (κ2) is 11.9. The molecule has 0 saturated heterocycles. The van der Waals surface area contributed by atoms with Gasteiger partial charge in [-0.3, -0.25) is 14.6 Å². The third kappa shape index (κ3) is 6.39. The molecule has 2 aliphatic heterocycles. The summed E-state index contributed by atoms with van der Waals surface area (Å²) in [4.78, 5) is 32.8. The molecule has 2 amide bonds. The van der Waals surface area contributed by atoms with Gasteiger partial charge in [-0.2, -0.15) is 0 Å². The second-order valence-electron chi connectivity index (χ2n) is 10.9. The highest BCUT2D eigenvalue weighted by Gasteiger charge is 2.31. The molecule has 0 aliphatic carbocycles. The van der Waals surface area contributed by atoms with Gasteiger partial charge < -0.3 is 10.2 Å². The van der Waals surface area contributed by atoms with Crippen molar-refractivity contribution in [1.82, 2.24) is 9.88 Å². The van der Waals surface area contributed by atoms with E-state index in [1.54, 1.807) is 35.4 Å². The lowest BCUT2D eigenvalue weighted by atomic mass is 9.92. The summed E-state index contributed by atoms with van der Waals surface area (Å²) in [5.74, 6) is -2.77. The largest absolute Gasteiger partial charge is 0.330 e. The fourth-order valence-corrected chi connectivity index (χ4v) is 6.53. The Labute approximate surface area is 248 Å². The van der Waals surface area contributed by atoms with Crippen molar-refractivity contribution in [1.29, 1.82) is 0 Å². The van der Waals surface area contributed by atoms with Crippen molar-refractivity contribution >= 4 is 44.5 Å². The van der Waals surface area contributed by atoms with Crippen molar-refractivity contribution in [3.05, 3.63) is 88.2 Å². The first-order chi connectivity index (χ1) is 19.9. The number of hydrogen-bond donors (Lipinski definition) is 1. The van der Waals surface area contributed by atoms with Crippen LogP contribution in [-0.2, 0) is 25.2 Å². The number of benzene rings is 2. The molecule has 1 aromatic heterocycles.